The van der Waals surface area contributed by atoms with E-state index in [0.717, 1.165) is 16.8 Å². The second-order valence-corrected chi connectivity index (χ2v) is 9.15. The zero-order valence-electron chi connectivity index (χ0n) is 20.3. The van der Waals surface area contributed by atoms with Crippen LogP contribution in [0.4, 0.5) is 0 Å². The van der Waals surface area contributed by atoms with Gasteiger partial charge in [-0.25, -0.2) is 0 Å². The second kappa shape index (κ2) is 11.9. The number of amides is 2. The lowest BCUT2D eigenvalue weighted by molar-refractivity contribution is -0.155. The molecule has 3 aromatic rings. The van der Waals surface area contributed by atoms with E-state index < -0.39 is 23.5 Å². The van der Waals surface area contributed by atoms with Crippen LogP contribution in [0.5, 0.6) is 0 Å². The van der Waals surface area contributed by atoms with E-state index in [9.17, 15) is 14.4 Å². The van der Waals surface area contributed by atoms with Crippen LogP contribution in [0.15, 0.2) is 79.0 Å². The van der Waals surface area contributed by atoms with Crippen LogP contribution in [0.1, 0.15) is 49.5 Å². The van der Waals surface area contributed by atoms with Gasteiger partial charge in [0.2, 0.25) is 5.91 Å². The van der Waals surface area contributed by atoms with Gasteiger partial charge in [-0.2, -0.15) is 0 Å². The largest absolute Gasteiger partial charge is 0.460 e. The smallest absolute Gasteiger partial charge is 0.306 e. The van der Waals surface area contributed by atoms with E-state index in [0.29, 0.717) is 12.1 Å². The van der Waals surface area contributed by atoms with Crippen molar-refractivity contribution in [2.24, 2.45) is 0 Å². The molecule has 0 spiro atoms. The fourth-order valence-corrected chi connectivity index (χ4v) is 3.38. The van der Waals surface area contributed by atoms with E-state index in [4.69, 9.17) is 4.74 Å². The van der Waals surface area contributed by atoms with Crippen LogP contribution in [0.25, 0.3) is 11.3 Å². The van der Waals surface area contributed by atoms with Crippen molar-refractivity contribution in [2.75, 3.05) is 0 Å². The van der Waals surface area contributed by atoms with Crippen molar-refractivity contribution in [1.82, 2.24) is 15.6 Å². The number of aromatic nitrogens is 1. The van der Waals surface area contributed by atoms with Gasteiger partial charge >= 0.3 is 5.97 Å². The standard InChI is InChI=1S/C28H31N3O4/c1-28(2,3)35-25(32)17-16-24(27(34)30-18-20-10-6-4-7-11-20)31-26(33)22-14-15-23(29-19-22)21-12-8-5-9-13-21/h4-15,19,24H,16-18H2,1-3H3,(H,30,34)(H,31,33). The van der Waals surface area contributed by atoms with Gasteiger partial charge in [-0.05, 0) is 44.9 Å². The summed E-state index contributed by atoms with van der Waals surface area (Å²) in [5.74, 6) is -1.25. The molecule has 35 heavy (non-hydrogen) atoms. The number of pyridine rings is 1. The van der Waals surface area contributed by atoms with Crippen LogP contribution in [0.2, 0.25) is 0 Å². The normalized spacial score (nSPS) is 11.9. The van der Waals surface area contributed by atoms with Crippen LogP contribution in [-0.2, 0) is 20.9 Å². The summed E-state index contributed by atoms with van der Waals surface area (Å²) >= 11 is 0. The van der Waals surface area contributed by atoms with Crippen molar-refractivity contribution in [3.05, 3.63) is 90.1 Å². The summed E-state index contributed by atoms with van der Waals surface area (Å²) in [5, 5.41) is 5.59. The number of carbonyl (C=O) groups excluding carboxylic acids is 3. The fraction of sp³-hybridized carbons (Fsp3) is 0.286. The van der Waals surface area contributed by atoms with E-state index in [1.165, 1.54) is 6.20 Å². The van der Waals surface area contributed by atoms with Gasteiger partial charge in [0.25, 0.3) is 5.91 Å². The first-order valence-corrected chi connectivity index (χ1v) is 11.6. The summed E-state index contributed by atoms with van der Waals surface area (Å²) in [6, 6.07) is 21.6. The molecule has 2 aromatic carbocycles. The Labute approximate surface area is 205 Å². The van der Waals surface area contributed by atoms with Gasteiger partial charge in [0, 0.05) is 24.7 Å². The number of hydrogen-bond donors (Lipinski definition) is 2. The molecule has 1 atom stereocenters. The van der Waals surface area contributed by atoms with Crippen LogP contribution in [0.3, 0.4) is 0 Å². The van der Waals surface area contributed by atoms with Crippen molar-refractivity contribution in [2.45, 2.75) is 51.8 Å². The predicted molar refractivity (Wildman–Crippen MR) is 134 cm³/mol. The predicted octanol–water partition coefficient (Wildman–Crippen LogP) is 4.29. The van der Waals surface area contributed by atoms with Crippen molar-refractivity contribution >= 4 is 17.8 Å². The molecule has 0 bridgehead atoms. The molecule has 7 heteroatoms. The Kier molecular flexibility index (Phi) is 8.73. The maximum Gasteiger partial charge on any atom is 0.306 e. The number of benzene rings is 2. The highest BCUT2D eigenvalue weighted by Gasteiger charge is 2.24. The molecular formula is C28H31N3O4. The molecule has 1 heterocycles. The molecule has 1 unspecified atom stereocenters. The zero-order chi connectivity index (χ0) is 25.3. The molecule has 1 aromatic heterocycles. The maximum atomic E-state index is 12.9. The Hall–Kier alpha value is -4.00. The monoisotopic (exact) mass is 473 g/mol. The molecule has 0 fully saturated rings. The Balaban J connectivity index is 1.67. The van der Waals surface area contributed by atoms with Crippen molar-refractivity contribution in [3.63, 3.8) is 0 Å². The van der Waals surface area contributed by atoms with Gasteiger partial charge < -0.3 is 15.4 Å². The van der Waals surface area contributed by atoms with Crippen LogP contribution in [-0.4, -0.2) is 34.4 Å². The minimum absolute atomic E-state index is 0.00777. The molecule has 182 valence electrons. The highest BCUT2D eigenvalue weighted by molar-refractivity contribution is 5.97. The lowest BCUT2D eigenvalue weighted by Crippen LogP contribution is -2.47. The number of esters is 1. The molecule has 0 aliphatic carbocycles. The first-order chi connectivity index (χ1) is 16.7. The molecule has 2 amide bonds. The quantitative estimate of drug-likeness (QED) is 0.452. The van der Waals surface area contributed by atoms with Crippen LogP contribution < -0.4 is 10.6 Å². The van der Waals surface area contributed by atoms with Gasteiger partial charge in [0.15, 0.2) is 0 Å². The molecule has 2 N–H and O–H groups in total. The third-order valence-electron chi connectivity index (χ3n) is 5.08. The summed E-state index contributed by atoms with van der Waals surface area (Å²) in [6.07, 6.45) is 1.58. The number of nitrogens with one attached hydrogen (secondary N) is 2. The van der Waals surface area contributed by atoms with Gasteiger partial charge in [0.05, 0.1) is 11.3 Å². The Morgan fingerprint density at radius 3 is 2.17 bits per heavy atom. The first kappa shape index (κ1) is 25.6. The van der Waals surface area contributed by atoms with Crippen LogP contribution in [0, 0.1) is 0 Å². The average Bonchev–Trinajstić information content (AvgIpc) is 2.85. The Morgan fingerprint density at radius 1 is 0.914 bits per heavy atom. The van der Waals surface area contributed by atoms with Crippen molar-refractivity contribution < 1.29 is 19.1 Å². The molecule has 0 saturated carbocycles. The fourth-order valence-electron chi connectivity index (χ4n) is 3.38. The number of rotatable bonds is 9. The summed E-state index contributed by atoms with van der Waals surface area (Å²) in [4.78, 5) is 42.4. The van der Waals surface area contributed by atoms with E-state index in [-0.39, 0.29) is 18.7 Å². The minimum Gasteiger partial charge on any atom is -0.460 e. The number of ether oxygens (including phenoxy) is 1. The van der Waals surface area contributed by atoms with E-state index in [1.54, 1.807) is 32.9 Å². The van der Waals surface area contributed by atoms with Gasteiger partial charge in [0.1, 0.15) is 11.6 Å². The SMILES string of the molecule is CC(C)(C)OC(=O)CCC(NC(=O)c1ccc(-c2ccccc2)nc1)C(=O)NCc1ccccc1. The van der Waals surface area contributed by atoms with Gasteiger partial charge in [-0.15, -0.1) is 0 Å². The molecule has 3 rings (SSSR count). The highest BCUT2D eigenvalue weighted by atomic mass is 16.6. The van der Waals surface area contributed by atoms with Gasteiger partial charge in [-0.1, -0.05) is 60.7 Å². The highest BCUT2D eigenvalue weighted by Crippen LogP contribution is 2.16. The summed E-state index contributed by atoms with van der Waals surface area (Å²) in [7, 11) is 0. The van der Waals surface area contributed by atoms with E-state index in [1.807, 2.05) is 60.7 Å². The topological polar surface area (TPSA) is 97.4 Å². The summed E-state index contributed by atoms with van der Waals surface area (Å²) in [5.41, 5.74) is 2.30. The van der Waals surface area contributed by atoms with Gasteiger partial charge in [-0.3, -0.25) is 19.4 Å². The minimum atomic E-state index is -0.910. The van der Waals surface area contributed by atoms with E-state index in [2.05, 4.69) is 15.6 Å². The molecule has 0 radical (unpaired) electrons. The molecule has 0 aliphatic rings. The zero-order valence-corrected chi connectivity index (χ0v) is 20.3. The molecule has 0 aliphatic heterocycles. The van der Waals surface area contributed by atoms with Crippen LogP contribution >= 0.6 is 0 Å². The molecular weight excluding hydrogens is 442 g/mol. The number of carbonyl (C=O) groups is 3. The lowest BCUT2D eigenvalue weighted by atomic mass is 10.1. The van der Waals surface area contributed by atoms with E-state index >= 15 is 0 Å². The number of hydrogen-bond acceptors (Lipinski definition) is 5. The maximum absolute atomic E-state index is 12.9. The number of nitrogens with zero attached hydrogens (tertiary/aromatic N) is 1. The third kappa shape index (κ3) is 8.37. The lowest BCUT2D eigenvalue weighted by Gasteiger charge is -2.21. The second-order valence-electron chi connectivity index (χ2n) is 9.15. The van der Waals surface area contributed by atoms with Crippen molar-refractivity contribution in [3.8, 4) is 11.3 Å². The molecule has 0 saturated heterocycles. The Bertz CT molecular complexity index is 1120. The Morgan fingerprint density at radius 2 is 1.57 bits per heavy atom. The first-order valence-electron chi connectivity index (χ1n) is 11.6. The summed E-state index contributed by atoms with van der Waals surface area (Å²) in [6.45, 7) is 5.65. The van der Waals surface area contributed by atoms with Crippen molar-refractivity contribution in [1.29, 1.82) is 0 Å². The average molecular weight is 474 g/mol. The molecule has 7 nitrogen and oxygen atoms in total. The third-order valence-corrected chi connectivity index (χ3v) is 5.08. The summed E-state index contributed by atoms with van der Waals surface area (Å²) < 4.78 is 5.35.